The van der Waals surface area contributed by atoms with Gasteiger partial charge in [0.2, 0.25) is 0 Å². The molecule has 18 heavy (non-hydrogen) atoms. The maximum absolute atomic E-state index is 9.60. The van der Waals surface area contributed by atoms with Gasteiger partial charge in [-0.3, -0.25) is 0 Å². The number of aliphatic carboxylic acids is 1. The molecule has 98 valence electrons. The molecule has 0 aromatic carbocycles. The molecular weight excluding hydrogens is 271 g/mol. The summed E-state index contributed by atoms with van der Waals surface area (Å²) < 4.78 is 0. The minimum atomic E-state index is -0.935. The van der Waals surface area contributed by atoms with Crippen molar-refractivity contribution in [2.24, 2.45) is 23.7 Å². The molecule has 0 aromatic rings. The lowest BCUT2D eigenvalue weighted by molar-refractivity contribution is -0.132. The first-order chi connectivity index (χ1) is 8.41. The van der Waals surface area contributed by atoms with E-state index in [9.17, 15) is 4.79 Å². The van der Waals surface area contributed by atoms with Crippen molar-refractivity contribution < 1.29 is 9.90 Å². The summed E-state index contributed by atoms with van der Waals surface area (Å²) in [6.07, 6.45) is 7.02. The van der Waals surface area contributed by atoms with Gasteiger partial charge in [-0.25, -0.2) is 4.79 Å². The maximum Gasteiger partial charge on any atom is 0.330 e. The number of carbonyl (C=O) groups is 1. The highest BCUT2D eigenvalue weighted by atomic mass is 35.5. The number of allylic oxidation sites excluding steroid dienone is 4. The topological polar surface area (TPSA) is 37.3 Å². The van der Waals surface area contributed by atoms with E-state index in [-0.39, 0.29) is 5.57 Å². The molecule has 2 nitrogen and oxygen atoms in total. The van der Waals surface area contributed by atoms with Crippen molar-refractivity contribution in [3.8, 4) is 0 Å². The van der Waals surface area contributed by atoms with Gasteiger partial charge in [0.1, 0.15) is 0 Å². The summed E-state index contributed by atoms with van der Waals surface area (Å²) in [5.41, 5.74) is 0.176. The van der Waals surface area contributed by atoms with E-state index in [1.54, 1.807) is 0 Å². The Morgan fingerprint density at radius 3 is 2.44 bits per heavy atom. The van der Waals surface area contributed by atoms with Crippen LogP contribution in [0, 0.1) is 23.7 Å². The molecule has 3 aliphatic carbocycles. The fourth-order valence-corrected chi connectivity index (χ4v) is 3.77. The van der Waals surface area contributed by atoms with Gasteiger partial charge in [0.15, 0.2) is 0 Å². The standard InChI is InChI=1S/C10H10Cl2.C4H6O2/c11-8-4-7-5-1-2-6(3-5)9(7)10(8)12;1-3(2)4(5)6/h1-2,5-7,9H,3-4H2;1H2,2H3,(H,5,6). The van der Waals surface area contributed by atoms with Gasteiger partial charge < -0.3 is 5.11 Å². The predicted octanol–water partition coefficient (Wildman–Crippen LogP) is 4.16. The van der Waals surface area contributed by atoms with Crippen LogP contribution < -0.4 is 0 Å². The lowest BCUT2D eigenvalue weighted by atomic mass is 9.86. The Bertz CT molecular complexity index is 439. The molecule has 0 aromatic heterocycles. The van der Waals surface area contributed by atoms with Crippen LogP contribution in [0.1, 0.15) is 19.8 Å². The lowest BCUT2D eigenvalue weighted by Crippen LogP contribution is -2.14. The van der Waals surface area contributed by atoms with E-state index in [1.165, 1.54) is 13.3 Å². The molecule has 0 spiro atoms. The summed E-state index contributed by atoms with van der Waals surface area (Å²) in [5, 5.41) is 9.77. The second-order valence-corrected chi connectivity index (χ2v) is 6.04. The molecule has 1 N–H and O–H groups in total. The number of carboxylic acids is 1. The SMILES string of the molecule is C=C(C)C(=O)O.ClC1=C(Cl)C2C3C=CC(C3)C2C1. The largest absolute Gasteiger partial charge is 0.478 e. The molecule has 1 fully saturated rings. The Morgan fingerprint density at radius 1 is 1.39 bits per heavy atom. The summed E-state index contributed by atoms with van der Waals surface area (Å²) in [6.45, 7) is 4.60. The molecule has 3 rings (SSSR count). The monoisotopic (exact) mass is 286 g/mol. The van der Waals surface area contributed by atoms with Crippen LogP contribution >= 0.6 is 23.2 Å². The molecule has 4 unspecified atom stereocenters. The van der Waals surface area contributed by atoms with Crippen molar-refractivity contribution in [3.05, 3.63) is 34.4 Å². The Hall–Kier alpha value is -0.730. The molecule has 3 aliphatic rings. The predicted molar refractivity (Wildman–Crippen MR) is 73.5 cm³/mol. The average molecular weight is 287 g/mol. The zero-order valence-electron chi connectivity index (χ0n) is 10.2. The van der Waals surface area contributed by atoms with E-state index >= 15 is 0 Å². The number of halogens is 2. The van der Waals surface area contributed by atoms with Crippen LogP contribution in [0.4, 0.5) is 0 Å². The van der Waals surface area contributed by atoms with Crippen molar-refractivity contribution in [2.75, 3.05) is 0 Å². The first kappa shape index (κ1) is 13.7. The highest BCUT2D eigenvalue weighted by Crippen LogP contribution is 2.58. The maximum atomic E-state index is 9.60. The molecule has 0 heterocycles. The van der Waals surface area contributed by atoms with Gasteiger partial charge >= 0.3 is 5.97 Å². The van der Waals surface area contributed by atoms with E-state index in [2.05, 4.69) is 18.7 Å². The summed E-state index contributed by atoms with van der Waals surface area (Å²) in [4.78, 5) is 9.60. The third-order valence-electron chi connectivity index (χ3n) is 3.95. The summed E-state index contributed by atoms with van der Waals surface area (Å²) in [7, 11) is 0. The second kappa shape index (κ2) is 5.10. The van der Waals surface area contributed by atoms with Crippen molar-refractivity contribution in [1.82, 2.24) is 0 Å². The first-order valence-electron chi connectivity index (χ1n) is 6.03. The Balaban J connectivity index is 0.000000174. The van der Waals surface area contributed by atoms with Crippen LogP contribution in [-0.4, -0.2) is 11.1 Å². The first-order valence-corrected chi connectivity index (χ1v) is 6.78. The Morgan fingerprint density at radius 2 is 1.94 bits per heavy atom. The minimum Gasteiger partial charge on any atom is -0.478 e. The third-order valence-corrected chi connectivity index (χ3v) is 4.89. The van der Waals surface area contributed by atoms with E-state index in [4.69, 9.17) is 28.3 Å². The van der Waals surface area contributed by atoms with Crippen molar-refractivity contribution in [3.63, 3.8) is 0 Å². The van der Waals surface area contributed by atoms with Gasteiger partial charge in [-0.05, 0) is 37.5 Å². The number of hydrogen-bond donors (Lipinski definition) is 1. The van der Waals surface area contributed by atoms with Gasteiger partial charge in [0.05, 0.1) is 0 Å². The molecule has 0 aliphatic heterocycles. The van der Waals surface area contributed by atoms with E-state index in [0.717, 1.165) is 28.3 Å². The quantitative estimate of drug-likeness (QED) is 0.580. The van der Waals surface area contributed by atoms with Crippen LogP contribution in [-0.2, 0) is 4.79 Å². The molecule has 4 heteroatoms. The van der Waals surface area contributed by atoms with Crippen LogP contribution in [0.2, 0.25) is 0 Å². The fourth-order valence-electron chi connectivity index (χ4n) is 3.06. The smallest absolute Gasteiger partial charge is 0.330 e. The Labute approximate surface area is 117 Å². The number of hydrogen-bond acceptors (Lipinski definition) is 1. The Kier molecular flexibility index (Phi) is 3.88. The number of fused-ring (bicyclic) bond motifs is 5. The third kappa shape index (κ3) is 2.36. The van der Waals surface area contributed by atoms with E-state index in [0.29, 0.717) is 11.8 Å². The fraction of sp³-hybridized carbons (Fsp3) is 0.500. The zero-order chi connectivity index (χ0) is 13.4. The van der Waals surface area contributed by atoms with Gasteiger partial charge in [0, 0.05) is 21.6 Å². The lowest BCUT2D eigenvalue weighted by Gasteiger charge is -2.20. The summed E-state index contributed by atoms with van der Waals surface area (Å²) in [5.74, 6) is 1.85. The molecule has 4 atom stereocenters. The zero-order valence-corrected chi connectivity index (χ0v) is 11.7. The van der Waals surface area contributed by atoms with Gasteiger partial charge in [-0.15, -0.1) is 0 Å². The second-order valence-electron chi connectivity index (χ2n) is 5.18. The minimum absolute atomic E-state index is 0.176. The van der Waals surface area contributed by atoms with Crippen molar-refractivity contribution in [2.45, 2.75) is 19.8 Å². The van der Waals surface area contributed by atoms with Crippen molar-refractivity contribution in [1.29, 1.82) is 0 Å². The van der Waals surface area contributed by atoms with Gasteiger partial charge in [-0.2, -0.15) is 0 Å². The molecule has 0 saturated heterocycles. The van der Waals surface area contributed by atoms with Crippen LogP contribution in [0.25, 0.3) is 0 Å². The van der Waals surface area contributed by atoms with Crippen LogP contribution in [0.3, 0.4) is 0 Å². The molecule has 0 radical (unpaired) electrons. The van der Waals surface area contributed by atoms with Gasteiger partial charge in [0.25, 0.3) is 0 Å². The van der Waals surface area contributed by atoms with E-state index < -0.39 is 5.97 Å². The summed E-state index contributed by atoms with van der Waals surface area (Å²) in [6, 6.07) is 0. The molecule has 2 bridgehead atoms. The average Bonchev–Trinajstić information content (AvgIpc) is 2.95. The van der Waals surface area contributed by atoms with Crippen molar-refractivity contribution >= 4 is 29.2 Å². The number of carboxylic acid groups (broad SMARTS) is 1. The normalized spacial score (nSPS) is 35.3. The van der Waals surface area contributed by atoms with E-state index in [1.807, 2.05) is 0 Å². The number of rotatable bonds is 1. The molecule has 1 saturated carbocycles. The van der Waals surface area contributed by atoms with Gasteiger partial charge in [-0.1, -0.05) is 41.9 Å². The van der Waals surface area contributed by atoms with Crippen LogP contribution in [0.15, 0.2) is 34.4 Å². The highest BCUT2D eigenvalue weighted by Gasteiger charge is 2.49. The highest BCUT2D eigenvalue weighted by molar-refractivity contribution is 6.39. The molecule has 0 amide bonds. The van der Waals surface area contributed by atoms with Crippen LogP contribution in [0.5, 0.6) is 0 Å². The molecular formula is C14H16Cl2O2. The summed E-state index contributed by atoms with van der Waals surface area (Å²) >= 11 is 12.2.